The molecule has 1 aliphatic carbocycles. The fraction of sp³-hybridized carbons (Fsp3) is 0.857. The number of nitrogens with zero attached hydrogens (tertiary/aromatic N) is 4. The Balaban J connectivity index is 2.00. The first kappa shape index (κ1) is 33.7. The van der Waals surface area contributed by atoms with Crippen LogP contribution in [0.3, 0.4) is 0 Å². The molecule has 21 nitrogen and oxygen atoms in total. The molecule has 0 aromatic carbocycles. The summed E-state index contributed by atoms with van der Waals surface area (Å²) in [5.41, 5.74) is 19.2. The van der Waals surface area contributed by atoms with Crippen LogP contribution in [0.4, 0.5) is 0 Å². The third kappa shape index (κ3) is 6.26. The van der Waals surface area contributed by atoms with Gasteiger partial charge in [-0.15, -0.1) is 4.91 Å². The molecule has 0 aromatic heterocycles. The number of likely N-dealkylation sites (N-methyl/N-ethyl adjacent to an activating group) is 1. The van der Waals surface area contributed by atoms with Crippen molar-refractivity contribution in [2.24, 2.45) is 38.2 Å². The van der Waals surface area contributed by atoms with E-state index in [1.807, 2.05) is 0 Å². The van der Waals surface area contributed by atoms with Gasteiger partial charge in [-0.2, -0.15) is 0 Å². The first-order valence-corrected chi connectivity index (χ1v) is 12.7. The van der Waals surface area contributed by atoms with Gasteiger partial charge in [0.2, 0.25) is 0 Å². The van der Waals surface area contributed by atoms with Gasteiger partial charge in [0.25, 0.3) is 0 Å². The molecular formula is C21H38N8O13. The molecule has 3 fully saturated rings. The Morgan fingerprint density at radius 2 is 1.50 bits per heavy atom. The Morgan fingerprint density at radius 1 is 0.905 bits per heavy atom. The maximum Gasteiger partial charge on any atom is 0.188 e. The van der Waals surface area contributed by atoms with Crippen LogP contribution in [0.2, 0.25) is 0 Å². The van der Waals surface area contributed by atoms with E-state index < -0.39 is 110 Å². The molecule has 0 spiro atoms. The highest BCUT2D eigenvalue weighted by Crippen LogP contribution is 2.39. The van der Waals surface area contributed by atoms with Crippen LogP contribution in [0.15, 0.2) is 15.3 Å². The number of rotatable bonds is 10. The molecule has 2 saturated heterocycles. The second-order valence-corrected chi connectivity index (χ2v) is 10.2. The van der Waals surface area contributed by atoms with E-state index in [2.05, 4.69) is 15.3 Å². The molecule has 2 heterocycles. The average Bonchev–Trinajstić information content (AvgIpc) is 3.17. The SMILES string of the molecule is C[C@H]1O[C@@H](O[C@H]2[C@@H](O)[C@@H](O)[C@@H](N=C(N)N)[C@@H](O)[C@H]2N=C(N)N)[C@@H](O[C@H]2O[C@@H](CO)[C@@H](O)[C@@H](O)[C@H]2N(C)N=O)[C@@]1(O)C=O. The third-order valence-corrected chi connectivity index (χ3v) is 7.53. The van der Waals surface area contributed by atoms with Crippen LogP contribution < -0.4 is 22.9 Å². The topological polar surface area (TPSA) is 357 Å². The number of aliphatic hydroxyl groups excluding tert-OH is 6. The highest BCUT2D eigenvalue weighted by atomic mass is 16.8. The normalized spacial score (nSPS) is 45.5. The van der Waals surface area contributed by atoms with E-state index in [-0.39, 0.29) is 6.29 Å². The van der Waals surface area contributed by atoms with Gasteiger partial charge in [0.05, 0.1) is 18.0 Å². The molecule has 1 saturated carbocycles. The lowest BCUT2D eigenvalue weighted by Crippen LogP contribution is -2.66. The fourth-order valence-electron chi connectivity index (χ4n) is 5.21. The van der Waals surface area contributed by atoms with Crippen LogP contribution in [0.5, 0.6) is 0 Å². The Kier molecular flexibility index (Phi) is 10.6. The van der Waals surface area contributed by atoms with E-state index in [1.54, 1.807) is 0 Å². The van der Waals surface area contributed by atoms with Crippen LogP contribution in [0, 0.1) is 4.91 Å². The summed E-state index contributed by atoms with van der Waals surface area (Å²) < 4.78 is 22.8. The predicted molar refractivity (Wildman–Crippen MR) is 137 cm³/mol. The van der Waals surface area contributed by atoms with Crippen molar-refractivity contribution < 1.29 is 59.5 Å². The van der Waals surface area contributed by atoms with E-state index in [4.69, 9.17) is 41.9 Å². The van der Waals surface area contributed by atoms with Crippen molar-refractivity contribution >= 4 is 18.2 Å². The van der Waals surface area contributed by atoms with Crippen LogP contribution in [-0.2, 0) is 23.7 Å². The lowest BCUT2D eigenvalue weighted by Gasteiger charge is -2.46. The van der Waals surface area contributed by atoms with Gasteiger partial charge in [0, 0.05) is 7.05 Å². The molecule has 0 unspecified atom stereocenters. The number of aliphatic imine (C=N–C) groups is 2. The smallest absolute Gasteiger partial charge is 0.188 e. The molecule has 2 aliphatic heterocycles. The zero-order valence-electron chi connectivity index (χ0n) is 22.5. The second kappa shape index (κ2) is 13.2. The zero-order valence-corrected chi connectivity index (χ0v) is 22.5. The highest BCUT2D eigenvalue weighted by molar-refractivity contribution is 5.76. The fourth-order valence-corrected chi connectivity index (χ4v) is 5.21. The summed E-state index contributed by atoms with van der Waals surface area (Å²) in [5, 5.41) is 77.6. The molecular weight excluding hydrogens is 572 g/mol. The molecule has 15 N–H and O–H groups in total. The highest BCUT2D eigenvalue weighted by Gasteiger charge is 2.61. The first-order chi connectivity index (χ1) is 19.6. The standard InChI is InChI=1S/C21H38N8O13/c1-5-21(37,4-31)16(42-17-9(29(2)28-38)13(35)10(32)6(3-30)40-17)18(39-5)41-15-8(27-20(24)25)11(33)7(26-19(22)23)12(34)14(15)36/h4-18,30,32-37H,3H2,1-2H3,(H4,22,23,26)(H4,24,25,27)/t5-,6+,7+,8-,9-,10-,11-,12+,13+,14+,15-,16-,17-,18+,21-/m1/s1. The summed E-state index contributed by atoms with van der Waals surface area (Å²) in [6.45, 7) is 0.463. The largest absolute Gasteiger partial charge is 0.394 e. The number of aliphatic hydroxyl groups is 7. The number of ether oxygens (including phenoxy) is 4. The summed E-state index contributed by atoms with van der Waals surface area (Å²) in [6.07, 6.45) is -18.8. The molecule has 0 bridgehead atoms. The number of carbonyl (C=O) groups excluding carboxylic acids is 1. The molecule has 42 heavy (non-hydrogen) atoms. The maximum atomic E-state index is 12.1. The van der Waals surface area contributed by atoms with Crippen molar-refractivity contribution in [1.29, 1.82) is 0 Å². The minimum atomic E-state index is -2.50. The van der Waals surface area contributed by atoms with E-state index in [1.165, 1.54) is 6.92 Å². The minimum Gasteiger partial charge on any atom is -0.394 e. The van der Waals surface area contributed by atoms with E-state index >= 15 is 0 Å². The van der Waals surface area contributed by atoms with E-state index in [0.717, 1.165) is 7.05 Å². The number of hydrogen-bond donors (Lipinski definition) is 11. The van der Waals surface area contributed by atoms with Crippen LogP contribution in [-0.4, -0.2) is 164 Å². The van der Waals surface area contributed by atoms with Gasteiger partial charge in [0.15, 0.2) is 36.4 Å². The molecule has 0 radical (unpaired) electrons. The average molecular weight is 611 g/mol. The first-order valence-electron chi connectivity index (χ1n) is 12.7. The molecule has 15 atom stereocenters. The van der Waals surface area contributed by atoms with Gasteiger partial charge in [0.1, 0.15) is 67.0 Å². The maximum absolute atomic E-state index is 12.1. The van der Waals surface area contributed by atoms with Gasteiger partial charge in [-0.05, 0) is 6.92 Å². The second-order valence-electron chi connectivity index (χ2n) is 10.2. The van der Waals surface area contributed by atoms with Crippen molar-refractivity contribution in [3.8, 4) is 0 Å². The summed E-state index contributed by atoms with van der Waals surface area (Å²) >= 11 is 0. The predicted octanol–water partition coefficient (Wildman–Crippen LogP) is -7.77. The monoisotopic (exact) mass is 610 g/mol. The van der Waals surface area contributed by atoms with E-state index in [9.17, 15) is 45.4 Å². The van der Waals surface area contributed by atoms with Crippen molar-refractivity contribution in [2.75, 3.05) is 13.7 Å². The zero-order chi connectivity index (χ0) is 31.7. The molecule has 0 amide bonds. The number of nitrogens with two attached hydrogens (primary N) is 4. The van der Waals surface area contributed by atoms with Crippen LogP contribution in [0.1, 0.15) is 6.92 Å². The Hall–Kier alpha value is -2.83. The number of nitroso groups, excluding NO2 is 1. The third-order valence-electron chi connectivity index (χ3n) is 7.53. The van der Waals surface area contributed by atoms with E-state index in [0.29, 0.717) is 5.01 Å². The minimum absolute atomic E-state index is 0.0727. The Labute approximate surface area is 238 Å². The molecule has 21 heteroatoms. The number of guanidine groups is 2. The summed E-state index contributed by atoms with van der Waals surface area (Å²) in [6, 6.07) is -4.59. The summed E-state index contributed by atoms with van der Waals surface area (Å²) in [5.74, 6) is -1.10. The van der Waals surface area contributed by atoms with Crippen molar-refractivity contribution in [3.63, 3.8) is 0 Å². The van der Waals surface area contributed by atoms with Crippen LogP contribution >= 0.6 is 0 Å². The molecule has 3 rings (SSSR count). The molecule has 0 aromatic rings. The molecule has 240 valence electrons. The van der Waals surface area contributed by atoms with Gasteiger partial charge in [-0.25, -0.2) is 9.98 Å². The quantitative estimate of drug-likeness (QED) is 0.0359. The summed E-state index contributed by atoms with van der Waals surface area (Å²) in [4.78, 5) is 31.0. The van der Waals surface area contributed by atoms with Crippen LogP contribution in [0.25, 0.3) is 0 Å². The lowest BCUT2D eigenvalue weighted by molar-refractivity contribution is -0.324. The summed E-state index contributed by atoms with van der Waals surface area (Å²) in [7, 11) is 1.12. The lowest BCUT2D eigenvalue weighted by atomic mass is 9.81. The van der Waals surface area contributed by atoms with Gasteiger partial charge >= 0.3 is 0 Å². The van der Waals surface area contributed by atoms with Gasteiger partial charge < -0.3 is 77.6 Å². The number of aldehydes is 1. The van der Waals surface area contributed by atoms with Crippen molar-refractivity contribution in [2.45, 2.75) is 98.2 Å². The van der Waals surface area contributed by atoms with Gasteiger partial charge in [-0.1, -0.05) is 0 Å². The number of hydrogen-bond acceptors (Lipinski definition) is 16. The van der Waals surface area contributed by atoms with Gasteiger partial charge in [-0.3, -0.25) is 9.80 Å². The van der Waals surface area contributed by atoms with Crippen molar-refractivity contribution in [3.05, 3.63) is 4.91 Å². The van der Waals surface area contributed by atoms with Crippen molar-refractivity contribution in [1.82, 2.24) is 5.01 Å². The Bertz CT molecular complexity index is 1020. The number of carbonyl (C=O) groups is 1. The molecule has 3 aliphatic rings. The Morgan fingerprint density at radius 3 is 2.02 bits per heavy atom.